The van der Waals surface area contributed by atoms with Crippen molar-refractivity contribution < 1.29 is 23.9 Å². The van der Waals surface area contributed by atoms with Crippen LogP contribution in [0.4, 0.5) is 5.69 Å². The van der Waals surface area contributed by atoms with Crippen LogP contribution in [0.3, 0.4) is 0 Å². The largest absolute Gasteiger partial charge is 0.490 e. The van der Waals surface area contributed by atoms with Crippen molar-refractivity contribution in [3.05, 3.63) is 103 Å². The summed E-state index contributed by atoms with van der Waals surface area (Å²) in [4.78, 5) is 26.9. The van der Waals surface area contributed by atoms with Crippen molar-refractivity contribution in [1.29, 1.82) is 0 Å². The Kier molecular flexibility index (Phi) is 7.33. The third-order valence-corrected chi connectivity index (χ3v) is 5.37. The van der Waals surface area contributed by atoms with E-state index >= 15 is 0 Å². The second kappa shape index (κ2) is 10.6. The molecule has 178 valence electrons. The minimum Gasteiger partial charge on any atom is -0.490 e. The molecule has 0 atom stereocenters. The summed E-state index contributed by atoms with van der Waals surface area (Å²) in [5.74, 6) is 0.155. The average molecular weight is 513 g/mol. The van der Waals surface area contributed by atoms with Crippen molar-refractivity contribution in [2.24, 2.45) is 4.99 Å². The van der Waals surface area contributed by atoms with Gasteiger partial charge in [-0.15, -0.1) is 0 Å². The molecule has 0 bridgehead atoms. The summed E-state index contributed by atoms with van der Waals surface area (Å²) in [6.07, 6.45) is 1.51. The Morgan fingerprint density at radius 1 is 1.09 bits per heavy atom. The highest BCUT2D eigenvalue weighted by molar-refractivity contribution is 6.32. The zero-order chi connectivity index (χ0) is 24.9. The molecule has 0 spiro atoms. The minimum absolute atomic E-state index is 0.0458. The lowest BCUT2D eigenvalue weighted by Gasteiger charge is -2.14. The monoisotopic (exact) mass is 512 g/mol. The predicted octanol–water partition coefficient (Wildman–Crippen LogP) is 6.22. The number of rotatable bonds is 8. The van der Waals surface area contributed by atoms with E-state index in [-0.39, 0.29) is 28.9 Å². The van der Waals surface area contributed by atoms with Crippen LogP contribution in [0.2, 0.25) is 10.0 Å². The number of esters is 1. The Balaban J connectivity index is 1.59. The predicted molar refractivity (Wildman–Crippen MR) is 132 cm³/mol. The second-order valence-corrected chi connectivity index (χ2v) is 8.17. The zero-order valence-electron chi connectivity index (χ0n) is 18.4. The van der Waals surface area contributed by atoms with E-state index in [9.17, 15) is 14.9 Å². The first kappa shape index (κ1) is 24.3. The number of nitro groups is 1. The molecule has 0 radical (unpaired) electrons. The number of ether oxygens (including phenoxy) is 3. The second-order valence-electron chi connectivity index (χ2n) is 7.32. The SMILES string of the molecule is CCOc1cc(C=C2N=C(c3ccc([N+](=O)[O-])cc3)OC2=O)cc(Cl)c1OCc1cccc(Cl)c1. The number of hydrogen-bond acceptors (Lipinski definition) is 7. The van der Waals surface area contributed by atoms with Crippen LogP contribution in [-0.4, -0.2) is 23.4 Å². The normalized spacial score (nSPS) is 14.0. The number of nitro benzene ring substituents is 1. The van der Waals surface area contributed by atoms with Crippen molar-refractivity contribution >= 4 is 46.8 Å². The number of carbonyl (C=O) groups excluding carboxylic acids is 1. The summed E-state index contributed by atoms with van der Waals surface area (Å²) in [7, 11) is 0. The highest BCUT2D eigenvalue weighted by atomic mass is 35.5. The van der Waals surface area contributed by atoms with E-state index in [1.807, 2.05) is 19.1 Å². The number of cyclic esters (lactones) is 1. The van der Waals surface area contributed by atoms with Crippen molar-refractivity contribution in [2.45, 2.75) is 13.5 Å². The van der Waals surface area contributed by atoms with Gasteiger partial charge in [-0.3, -0.25) is 10.1 Å². The fraction of sp³-hybridized carbons (Fsp3) is 0.120. The van der Waals surface area contributed by atoms with Crippen LogP contribution in [0, 0.1) is 10.1 Å². The number of aliphatic imine (C=N–C) groups is 1. The molecule has 10 heteroatoms. The van der Waals surface area contributed by atoms with Gasteiger partial charge in [-0.25, -0.2) is 9.79 Å². The third-order valence-electron chi connectivity index (χ3n) is 4.85. The van der Waals surface area contributed by atoms with Crippen molar-refractivity contribution in [2.75, 3.05) is 6.61 Å². The number of benzene rings is 3. The van der Waals surface area contributed by atoms with E-state index in [0.29, 0.717) is 34.3 Å². The van der Waals surface area contributed by atoms with Crippen LogP contribution in [0.25, 0.3) is 6.08 Å². The summed E-state index contributed by atoms with van der Waals surface area (Å²) >= 11 is 12.5. The number of halogens is 2. The van der Waals surface area contributed by atoms with Gasteiger partial charge in [0.15, 0.2) is 17.2 Å². The Hall–Kier alpha value is -3.88. The Morgan fingerprint density at radius 2 is 1.86 bits per heavy atom. The first-order valence-corrected chi connectivity index (χ1v) is 11.2. The van der Waals surface area contributed by atoms with Gasteiger partial charge in [-0.05, 0) is 60.5 Å². The van der Waals surface area contributed by atoms with E-state index in [0.717, 1.165) is 5.56 Å². The molecule has 8 nitrogen and oxygen atoms in total. The molecule has 1 aliphatic rings. The van der Waals surface area contributed by atoms with Crippen LogP contribution < -0.4 is 9.47 Å². The van der Waals surface area contributed by atoms with E-state index in [2.05, 4.69) is 4.99 Å². The Labute approximate surface area is 210 Å². The number of hydrogen-bond donors (Lipinski definition) is 0. The highest BCUT2D eigenvalue weighted by Gasteiger charge is 2.25. The smallest absolute Gasteiger partial charge is 0.363 e. The Bertz CT molecular complexity index is 1350. The molecule has 4 rings (SSSR count). The summed E-state index contributed by atoms with van der Waals surface area (Å²) in [6, 6.07) is 16.1. The van der Waals surface area contributed by atoms with E-state index < -0.39 is 10.9 Å². The lowest BCUT2D eigenvalue weighted by atomic mass is 10.1. The van der Waals surface area contributed by atoms with Gasteiger partial charge >= 0.3 is 5.97 Å². The molecular formula is C25H18Cl2N2O6. The molecule has 1 aliphatic heterocycles. The van der Waals surface area contributed by atoms with Gasteiger partial charge in [0.1, 0.15) is 6.61 Å². The summed E-state index contributed by atoms with van der Waals surface area (Å²) < 4.78 is 16.9. The summed E-state index contributed by atoms with van der Waals surface area (Å²) in [5, 5.41) is 11.7. The number of carbonyl (C=O) groups is 1. The van der Waals surface area contributed by atoms with E-state index in [1.54, 1.807) is 24.3 Å². The summed E-state index contributed by atoms with van der Waals surface area (Å²) in [5.41, 5.74) is 1.82. The number of non-ortho nitro benzene ring substituents is 1. The maximum Gasteiger partial charge on any atom is 0.363 e. The van der Waals surface area contributed by atoms with Gasteiger partial charge in [0, 0.05) is 22.7 Å². The van der Waals surface area contributed by atoms with Crippen molar-refractivity contribution in [3.8, 4) is 11.5 Å². The molecule has 0 amide bonds. The quantitative estimate of drug-likeness (QED) is 0.153. The van der Waals surface area contributed by atoms with Gasteiger partial charge < -0.3 is 14.2 Å². The average Bonchev–Trinajstić information content (AvgIpc) is 3.19. The molecule has 35 heavy (non-hydrogen) atoms. The highest BCUT2D eigenvalue weighted by Crippen LogP contribution is 2.38. The van der Waals surface area contributed by atoms with Crippen LogP contribution in [0.1, 0.15) is 23.6 Å². The third kappa shape index (κ3) is 5.79. The first-order valence-electron chi connectivity index (χ1n) is 10.4. The molecule has 3 aromatic rings. The van der Waals surface area contributed by atoms with Crippen molar-refractivity contribution in [3.63, 3.8) is 0 Å². The lowest BCUT2D eigenvalue weighted by molar-refractivity contribution is -0.384. The van der Waals surface area contributed by atoms with E-state index in [1.165, 1.54) is 30.3 Å². The molecule has 0 saturated carbocycles. The topological polar surface area (TPSA) is 100 Å². The Morgan fingerprint density at radius 3 is 2.54 bits per heavy atom. The van der Waals surface area contributed by atoms with Gasteiger partial charge in [-0.1, -0.05) is 35.3 Å². The van der Waals surface area contributed by atoms with Crippen LogP contribution >= 0.6 is 23.2 Å². The molecular weight excluding hydrogens is 495 g/mol. The lowest BCUT2D eigenvalue weighted by Crippen LogP contribution is -2.05. The van der Waals surface area contributed by atoms with Gasteiger partial charge in [0.05, 0.1) is 16.6 Å². The maximum atomic E-state index is 12.4. The van der Waals surface area contributed by atoms with Crippen LogP contribution in [0.5, 0.6) is 11.5 Å². The van der Waals surface area contributed by atoms with Gasteiger partial charge in [0.2, 0.25) is 5.90 Å². The van der Waals surface area contributed by atoms with Gasteiger partial charge in [0.25, 0.3) is 5.69 Å². The molecule has 3 aromatic carbocycles. The zero-order valence-corrected chi connectivity index (χ0v) is 19.9. The summed E-state index contributed by atoms with van der Waals surface area (Å²) in [6.45, 7) is 2.43. The molecule has 1 heterocycles. The van der Waals surface area contributed by atoms with Crippen LogP contribution in [0.15, 0.2) is 71.4 Å². The van der Waals surface area contributed by atoms with Crippen LogP contribution in [-0.2, 0) is 16.1 Å². The molecule has 0 saturated heterocycles. The first-order chi connectivity index (χ1) is 16.8. The molecule has 0 N–H and O–H groups in total. The fourth-order valence-corrected chi connectivity index (χ4v) is 3.76. The molecule has 0 aromatic heterocycles. The molecule has 0 fully saturated rings. The van der Waals surface area contributed by atoms with E-state index in [4.69, 9.17) is 37.4 Å². The standard InChI is InChI=1S/C25H18Cl2N2O6/c1-2-33-22-13-16(11-20(27)23(22)34-14-15-4-3-5-18(26)10-15)12-21-25(30)35-24(28-21)17-6-8-19(9-7-17)29(31)32/h3-13H,2,14H2,1H3. The maximum absolute atomic E-state index is 12.4. The molecule has 0 unspecified atom stereocenters. The fourth-order valence-electron chi connectivity index (χ4n) is 3.27. The van der Waals surface area contributed by atoms with Gasteiger partial charge in [-0.2, -0.15) is 0 Å². The minimum atomic E-state index is -0.659. The number of nitrogens with zero attached hydrogens (tertiary/aromatic N) is 2. The molecule has 0 aliphatic carbocycles. The van der Waals surface area contributed by atoms with Crippen molar-refractivity contribution in [1.82, 2.24) is 0 Å².